The fraction of sp³-hybridized carbons (Fsp3) is 0.316. The summed E-state index contributed by atoms with van der Waals surface area (Å²) < 4.78 is 24.5. The third-order valence-electron chi connectivity index (χ3n) is 4.10. The van der Waals surface area contributed by atoms with Crippen LogP contribution in [-0.2, 0) is 17.8 Å². The van der Waals surface area contributed by atoms with Crippen LogP contribution in [0, 0.1) is 19.7 Å². The number of rotatable bonds is 5. The summed E-state index contributed by atoms with van der Waals surface area (Å²) in [5.41, 5.74) is 3.28. The van der Waals surface area contributed by atoms with Crippen LogP contribution in [0.3, 0.4) is 0 Å². The summed E-state index contributed by atoms with van der Waals surface area (Å²) in [5.74, 6) is 0.0738. The number of nitrogens with zero attached hydrogens (tertiary/aromatic N) is 1. The van der Waals surface area contributed by atoms with E-state index in [1.165, 1.54) is 18.2 Å². The molecule has 2 aromatic rings. The molecule has 1 N–H and O–H groups in total. The number of carbonyl (C=O) groups excluding carboxylic acids is 1. The van der Waals surface area contributed by atoms with E-state index in [2.05, 4.69) is 4.74 Å². The lowest BCUT2D eigenvalue weighted by Crippen LogP contribution is -2.28. The van der Waals surface area contributed by atoms with Gasteiger partial charge in [0.05, 0.1) is 18.4 Å². The molecule has 0 bridgehead atoms. The van der Waals surface area contributed by atoms with Gasteiger partial charge in [0, 0.05) is 0 Å². The summed E-state index contributed by atoms with van der Waals surface area (Å²) in [5, 5.41) is 10.2. The molecule has 0 aliphatic rings. The van der Waals surface area contributed by atoms with Gasteiger partial charge in [-0.15, -0.1) is 0 Å². The van der Waals surface area contributed by atoms with Gasteiger partial charge in [0.2, 0.25) is 0 Å². The maximum Gasteiger partial charge on any atom is 0.438 e. The average Bonchev–Trinajstić information content (AvgIpc) is 2.61. The number of methoxy groups -OCH3 is 1. The smallest absolute Gasteiger partial charge is 0.438 e. The zero-order chi connectivity index (χ0) is 18.6. The third kappa shape index (κ3) is 4.09. The van der Waals surface area contributed by atoms with Gasteiger partial charge in [-0.1, -0.05) is 19.1 Å². The van der Waals surface area contributed by atoms with Gasteiger partial charge in [0.1, 0.15) is 18.2 Å². The highest BCUT2D eigenvalue weighted by molar-refractivity contribution is 5.85. The summed E-state index contributed by atoms with van der Waals surface area (Å²) >= 11 is 0. The van der Waals surface area contributed by atoms with Gasteiger partial charge in [0.25, 0.3) is 0 Å². The molecular formula is C19H22FNO4. The number of aryl methyl sites for hydroxylation is 3. The standard InChI is InChI=1S/C19H22FNO4/c1-5-14-9-12(2)13(3)10-18(14)25-11-15-16(20)7-6-8-17(15)21(23)19(22)24-4/h6-10,23H,5,11H2,1-4H3. The summed E-state index contributed by atoms with van der Waals surface area (Å²) in [4.78, 5) is 11.5. The van der Waals surface area contributed by atoms with Crippen LogP contribution in [0.15, 0.2) is 30.3 Å². The highest BCUT2D eigenvalue weighted by atomic mass is 19.1. The molecule has 0 saturated carbocycles. The van der Waals surface area contributed by atoms with E-state index in [1.54, 1.807) is 0 Å². The first-order valence-electron chi connectivity index (χ1n) is 7.96. The molecule has 0 atom stereocenters. The summed E-state index contributed by atoms with van der Waals surface area (Å²) in [6, 6.07) is 8.01. The highest BCUT2D eigenvalue weighted by Crippen LogP contribution is 2.28. The Labute approximate surface area is 146 Å². The van der Waals surface area contributed by atoms with Gasteiger partial charge in [-0.3, -0.25) is 5.21 Å². The van der Waals surface area contributed by atoms with Crippen molar-refractivity contribution >= 4 is 11.8 Å². The Hall–Kier alpha value is -2.60. The zero-order valence-electron chi connectivity index (χ0n) is 14.8. The molecule has 0 heterocycles. The van der Waals surface area contributed by atoms with Crippen LogP contribution in [0.25, 0.3) is 0 Å². The molecule has 25 heavy (non-hydrogen) atoms. The lowest BCUT2D eigenvalue weighted by molar-refractivity contribution is 0.140. The Balaban J connectivity index is 2.33. The number of hydrogen-bond donors (Lipinski definition) is 1. The van der Waals surface area contributed by atoms with Crippen molar-refractivity contribution in [2.45, 2.75) is 33.8 Å². The van der Waals surface area contributed by atoms with Crippen LogP contribution in [0.2, 0.25) is 0 Å². The number of amides is 1. The molecule has 0 aliphatic heterocycles. The molecule has 1 amide bonds. The summed E-state index contributed by atoms with van der Waals surface area (Å²) in [6.45, 7) is 5.87. The molecule has 6 heteroatoms. The predicted molar refractivity (Wildman–Crippen MR) is 92.7 cm³/mol. The third-order valence-corrected chi connectivity index (χ3v) is 4.10. The molecular weight excluding hydrogens is 325 g/mol. The maximum absolute atomic E-state index is 14.2. The van der Waals surface area contributed by atoms with Crippen molar-refractivity contribution in [2.24, 2.45) is 0 Å². The van der Waals surface area contributed by atoms with Crippen molar-refractivity contribution in [3.63, 3.8) is 0 Å². The van der Waals surface area contributed by atoms with E-state index < -0.39 is 11.9 Å². The fourth-order valence-corrected chi connectivity index (χ4v) is 2.48. The predicted octanol–water partition coefficient (Wildman–Crippen LogP) is 4.55. The molecule has 0 spiro atoms. The van der Waals surface area contributed by atoms with Gasteiger partial charge in [0.15, 0.2) is 0 Å². The summed E-state index contributed by atoms with van der Waals surface area (Å²) in [7, 11) is 1.13. The molecule has 0 aromatic heterocycles. The lowest BCUT2D eigenvalue weighted by Gasteiger charge is -2.19. The van der Waals surface area contributed by atoms with Crippen molar-refractivity contribution in [3.05, 3.63) is 58.4 Å². The lowest BCUT2D eigenvalue weighted by atomic mass is 10.0. The number of benzene rings is 2. The number of halogens is 1. The van der Waals surface area contributed by atoms with Crippen LogP contribution < -0.4 is 9.80 Å². The molecule has 0 radical (unpaired) electrons. The number of carbonyl (C=O) groups is 1. The normalized spacial score (nSPS) is 10.5. The van der Waals surface area contributed by atoms with Crippen LogP contribution in [0.1, 0.15) is 29.2 Å². The van der Waals surface area contributed by atoms with E-state index in [0.717, 1.165) is 30.2 Å². The second kappa shape index (κ2) is 7.98. The van der Waals surface area contributed by atoms with E-state index in [-0.39, 0.29) is 22.9 Å². The fourth-order valence-electron chi connectivity index (χ4n) is 2.48. The number of hydrogen-bond acceptors (Lipinski definition) is 4. The minimum atomic E-state index is -1.01. The first kappa shape index (κ1) is 18.7. The van der Waals surface area contributed by atoms with Gasteiger partial charge in [-0.2, -0.15) is 5.06 Å². The molecule has 2 aromatic carbocycles. The largest absolute Gasteiger partial charge is 0.488 e. The first-order valence-corrected chi connectivity index (χ1v) is 7.96. The minimum absolute atomic E-state index is 0.0197. The SMILES string of the molecule is CCc1cc(C)c(C)cc1OCc1c(F)cccc1N(O)C(=O)OC. The second-order valence-corrected chi connectivity index (χ2v) is 5.71. The topological polar surface area (TPSA) is 59.0 Å². The Morgan fingerprint density at radius 3 is 2.56 bits per heavy atom. The van der Waals surface area contributed by atoms with Crippen molar-refractivity contribution in [1.82, 2.24) is 0 Å². The molecule has 0 fully saturated rings. The van der Waals surface area contributed by atoms with E-state index in [4.69, 9.17) is 4.74 Å². The van der Waals surface area contributed by atoms with E-state index in [1.807, 2.05) is 32.9 Å². The van der Waals surface area contributed by atoms with Gasteiger partial charge in [-0.25, -0.2) is 9.18 Å². The molecule has 0 aliphatic carbocycles. The van der Waals surface area contributed by atoms with E-state index in [0.29, 0.717) is 5.75 Å². The number of anilines is 1. The Morgan fingerprint density at radius 1 is 1.24 bits per heavy atom. The molecule has 5 nitrogen and oxygen atoms in total. The monoisotopic (exact) mass is 347 g/mol. The quantitative estimate of drug-likeness (QED) is 0.637. The maximum atomic E-state index is 14.2. The van der Waals surface area contributed by atoms with Crippen molar-refractivity contribution in [2.75, 3.05) is 12.2 Å². The number of hydroxylamine groups is 1. The molecule has 134 valence electrons. The Morgan fingerprint density at radius 2 is 1.92 bits per heavy atom. The number of ether oxygens (including phenoxy) is 2. The first-order chi connectivity index (χ1) is 11.9. The van der Waals surface area contributed by atoms with Crippen LogP contribution in [0.4, 0.5) is 14.9 Å². The van der Waals surface area contributed by atoms with Crippen molar-refractivity contribution < 1.29 is 23.9 Å². The van der Waals surface area contributed by atoms with Gasteiger partial charge >= 0.3 is 6.09 Å². The highest BCUT2D eigenvalue weighted by Gasteiger charge is 2.20. The van der Waals surface area contributed by atoms with Crippen molar-refractivity contribution in [3.8, 4) is 5.75 Å². The van der Waals surface area contributed by atoms with Crippen LogP contribution >= 0.6 is 0 Å². The van der Waals surface area contributed by atoms with Gasteiger partial charge in [-0.05, 0) is 55.2 Å². The van der Waals surface area contributed by atoms with Gasteiger partial charge < -0.3 is 9.47 Å². The van der Waals surface area contributed by atoms with Crippen molar-refractivity contribution in [1.29, 1.82) is 0 Å². The molecule has 0 saturated heterocycles. The Bertz CT molecular complexity index is 776. The van der Waals surface area contributed by atoms with Crippen LogP contribution in [0.5, 0.6) is 5.75 Å². The zero-order valence-corrected chi connectivity index (χ0v) is 14.8. The second-order valence-electron chi connectivity index (χ2n) is 5.71. The van der Waals surface area contributed by atoms with Crippen LogP contribution in [-0.4, -0.2) is 18.4 Å². The van der Waals surface area contributed by atoms with E-state index >= 15 is 0 Å². The minimum Gasteiger partial charge on any atom is -0.488 e. The molecule has 2 rings (SSSR count). The summed E-state index contributed by atoms with van der Waals surface area (Å²) in [6.07, 6.45) is -0.234. The molecule has 0 unspecified atom stereocenters. The van der Waals surface area contributed by atoms with E-state index in [9.17, 15) is 14.4 Å². The average molecular weight is 347 g/mol. The Kier molecular flexibility index (Phi) is 5.98.